The van der Waals surface area contributed by atoms with Gasteiger partial charge in [0.25, 0.3) is 5.91 Å². The van der Waals surface area contributed by atoms with E-state index in [-0.39, 0.29) is 4.90 Å². The molecular formula is C28H30N2O5S. The van der Waals surface area contributed by atoms with Gasteiger partial charge in [-0.3, -0.25) is 4.79 Å². The van der Waals surface area contributed by atoms with Gasteiger partial charge in [-0.25, -0.2) is 13.2 Å². The smallest absolute Gasteiger partial charge is 0.338 e. The quantitative estimate of drug-likeness (QED) is 0.452. The van der Waals surface area contributed by atoms with Crippen LogP contribution >= 0.6 is 0 Å². The van der Waals surface area contributed by atoms with Crippen molar-refractivity contribution < 1.29 is 22.7 Å². The molecule has 36 heavy (non-hydrogen) atoms. The second-order valence-corrected chi connectivity index (χ2v) is 10.8. The molecule has 4 rings (SSSR count). The molecule has 1 aliphatic heterocycles. The number of carbonyl (C=O) groups excluding carboxylic acids is 2. The summed E-state index contributed by atoms with van der Waals surface area (Å²) >= 11 is 0. The van der Waals surface area contributed by atoms with Gasteiger partial charge in [0.05, 0.1) is 10.5 Å². The summed E-state index contributed by atoms with van der Waals surface area (Å²) in [7, 11) is -3.63. The number of aryl methyl sites for hydroxylation is 1. The molecule has 0 unspecified atom stereocenters. The van der Waals surface area contributed by atoms with E-state index < -0.39 is 28.5 Å². The number of amides is 1. The van der Waals surface area contributed by atoms with Gasteiger partial charge in [0.15, 0.2) is 6.61 Å². The van der Waals surface area contributed by atoms with Crippen molar-refractivity contribution in [2.75, 3.05) is 25.0 Å². The molecule has 1 saturated heterocycles. The number of esters is 1. The van der Waals surface area contributed by atoms with Crippen molar-refractivity contribution in [3.8, 4) is 0 Å². The van der Waals surface area contributed by atoms with Crippen LogP contribution in [0.15, 0.2) is 77.7 Å². The van der Waals surface area contributed by atoms with Crippen LogP contribution in [0.3, 0.4) is 0 Å². The Labute approximate surface area is 212 Å². The Kier molecular flexibility index (Phi) is 8.18. The molecule has 0 radical (unpaired) electrons. The van der Waals surface area contributed by atoms with Crippen LogP contribution in [0.2, 0.25) is 0 Å². The van der Waals surface area contributed by atoms with Gasteiger partial charge >= 0.3 is 5.97 Å². The number of hydrogen-bond donors (Lipinski definition) is 1. The van der Waals surface area contributed by atoms with E-state index in [4.69, 9.17) is 4.74 Å². The predicted octanol–water partition coefficient (Wildman–Crippen LogP) is 4.56. The second-order valence-electron chi connectivity index (χ2n) is 8.89. The zero-order valence-corrected chi connectivity index (χ0v) is 21.1. The monoisotopic (exact) mass is 506 g/mol. The lowest BCUT2D eigenvalue weighted by Gasteiger charge is -2.26. The molecule has 188 valence electrons. The fraction of sp³-hybridized carbons (Fsp3) is 0.286. The topological polar surface area (TPSA) is 92.8 Å². The van der Waals surface area contributed by atoms with E-state index in [9.17, 15) is 18.0 Å². The number of benzene rings is 3. The first kappa shape index (κ1) is 25.6. The molecule has 0 bridgehead atoms. The van der Waals surface area contributed by atoms with Crippen LogP contribution in [-0.2, 0) is 26.0 Å². The standard InChI is InChI=1S/C28H30N2O5S/c1-21-14-15-24(36(33,34)30-16-8-3-9-17-30)19-26(21)29-27(31)20-35-28(32)25-13-7-6-12-23(25)18-22-10-4-2-5-11-22/h2,4-7,10-15,19H,3,8-9,16-18,20H2,1H3,(H,29,31). The number of rotatable bonds is 8. The number of anilines is 1. The lowest BCUT2D eigenvalue weighted by atomic mass is 10.00. The zero-order chi connectivity index (χ0) is 25.5. The summed E-state index contributed by atoms with van der Waals surface area (Å²) in [5.41, 5.74) is 3.35. The van der Waals surface area contributed by atoms with Crippen molar-refractivity contribution in [2.45, 2.75) is 37.5 Å². The molecule has 7 nitrogen and oxygen atoms in total. The highest BCUT2D eigenvalue weighted by Gasteiger charge is 2.26. The first-order valence-electron chi connectivity index (χ1n) is 12.0. The van der Waals surface area contributed by atoms with Gasteiger partial charge < -0.3 is 10.1 Å². The lowest BCUT2D eigenvalue weighted by Crippen LogP contribution is -2.35. The summed E-state index contributed by atoms with van der Waals surface area (Å²) in [6.07, 6.45) is 3.27. The highest BCUT2D eigenvalue weighted by atomic mass is 32.2. The largest absolute Gasteiger partial charge is 0.452 e. The summed E-state index contributed by atoms with van der Waals surface area (Å²) in [6.45, 7) is 2.29. The third-order valence-corrected chi connectivity index (χ3v) is 8.14. The number of nitrogens with zero attached hydrogens (tertiary/aromatic N) is 1. The van der Waals surface area contributed by atoms with Crippen LogP contribution in [0.5, 0.6) is 0 Å². The maximum atomic E-state index is 13.0. The molecule has 1 heterocycles. The van der Waals surface area contributed by atoms with Crippen LogP contribution in [0.25, 0.3) is 0 Å². The Hall–Kier alpha value is -3.49. The molecule has 1 N–H and O–H groups in total. The van der Waals surface area contributed by atoms with E-state index in [1.54, 1.807) is 31.2 Å². The van der Waals surface area contributed by atoms with Crippen molar-refractivity contribution >= 4 is 27.6 Å². The van der Waals surface area contributed by atoms with Gasteiger partial charge in [0.2, 0.25) is 10.0 Å². The number of hydrogen-bond acceptors (Lipinski definition) is 5. The van der Waals surface area contributed by atoms with Crippen LogP contribution in [0.4, 0.5) is 5.69 Å². The average Bonchev–Trinajstić information content (AvgIpc) is 2.90. The molecule has 0 aliphatic carbocycles. The third-order valence-electron chi connectivity index (χ3n) is 6.24. The Bertz CT molecular complexity index is 1330. The highest BCUT2D eigenvalue weighted by molar-refractivity contribution is 7.89. The van der Waals surface area contributed by atoms with Crippen LogP contribution in [0, 0.1) is 6.92 Å². The number of nitrogens with one attached hydrogen (secondary N) is 1. The summed E-state index contributed by atoms with van der Waals surface area (Å²) in [5, 5.41) is 2.69. The van der Waals surface area contributed by atoms with Crippen molar-refractivity contribution in [3.05, 3.63) is 95.1 Å². The zero-order valence-electron chi connectivity index (χ0n) is 20.3. The number of sulfonamides is 1. The number of carbonyl (C=O) groups is 2. The van der Waals surface area contributed by atoms with Crippen molar-refractivity contribution in [1.29, 1.82) is 0 Å². The van der Waals surface area contributed by atoms with Gasteiger partial charge in [0.1, 0.15) is 0 Å². The minimum atomic E-state index is -3.63. The van der Waals surface area contributed by atoms with E-state index in [1.807, 2.05) is 42.5 Å². The number of ether oxygens (including phenoxy) is 1. The Balaban J connectivity index is 1.40. The van der Waals surface area contributed by atoms with Crippen LogP contribution in [0.1, 0.15) is 46.3 Å². The molecule has 0 saturated carbocycles. The summed E-state index contributed by atoms with van der Waals surface area (Å²) in [5.74, 6) is -1.13. The van der Waals surface area contributed by atoms with E-state index in [2.05, 4.69) is 5.32 Å². The highest BCUT2D eigenvalue weighted by Crippen LogP contribution is 2.25. The van der Waals surface area contributed by atoms with E-state index in [0.29, 0.717) is 36.3 Å². The fourth-order valence-corrected chi connectivity index (χ4v) is 5.78. The molecule has 1 amide bonds. The molecule has 1 fully saturated rings. The number of piperidine rings is 1. The van der Waals surface area contributed by atoms with Crippen LogP contribution < -0.4 is 5.32 Å². The van der Waals surface area contributed by atoms with Crippen molar-refractivity contribution in [1.82, 2.24) is 4.31 Å². The minimum Gasteiger partial charge on any atom is -0.452 e. The third kappa shape index (κ3) is 6.19. The Morgan fingerprint density at radius 2 is 1.61 bits per heavy atom. The maximum absolute atomic E-state index is 13.0. The fourth-order valence-electron chi connectivity index (χ4n) is 4.24. The molecule has 3 aromatic carbocycles. The average molecular weight is 507 g/mol. The van der Waals surface area contributed by atoms with Gasteiger partial charge in [-0.15, -0.1) is 0 Å². The molecular weight excluding hydrogens is 476 g/mol. The van der Waals surface area contributed by atoms with Gasteiger partial charge in [-0.1, -0.05) is 61.0 Å². The normalized spacial score (nSPS) is 14.2. The molecule has 8 heteroatoms. The van der Waals surface area contributed by atoms with Crippen molar-refractivity contribution in [3.63, 3.8) is 0 Å². The van der Waals surface area contributed by atoms with E-state index in [0.717, 1.165) is 30.4 Å². The van der Waals surface area contributed by atoms with E-state index >= 15 is 0 Å². The van der Waals surface area contributed by atoms with Crippen molar-refractivity contribution in [2.24, 2.45) is 0 Å². The predicted molar refractivity (Wildman–Crippen MR) is 138 cm³/mol. The molecule has 0 atom stereocenters. The molecule has 0 spiro atoms. The summed E-state index contributed by atoms with van der Waals surface area (Å²) < 4.78 is 32.8. The Morgan fingerprint density at radius 1 is 0.917 bits per heavy atom. The SMILES string of the molecule is Cc1ccc(S(=O)(=O)N2CCCCC2)cc1NC(=O)COC(=O)c1ccccc1Cc1ccccc1. The minimum absolute atomic E-state index is 0.136. The lowest BCUT2D eigenvalue weighted by molar-refractivity contribution is -0.119. The first-order valence-corrected chi connectivity index (χ1v) is 13.5. The molecule has 1 aliphatic rings. The second kappa shape index (κ2) is 11.5. The molecule has 0 aromatic heterocycles. The molecule has 3 aromatic rings. The summed E-state index contributed by atoms with van der Waals surface area (Å²) in [6, 6.07) is 21.6. The first-order chi connectivity index (χ1) is 17.3. The van der Waals surface area contributed by atoms with Gasteiger partial charge in [-0.2, -0.15) is 4.31 Å². The van der Waals surface area contributed by atoms with Gasteiger partial charge in [0, 0.05) is 18.8 Å². The summed E-state index contributed by atoms with van der Waals surface area (Å²) in [4.78, 5) is 25.5. The van der Waals surface area contributed by atoms with Crippen LogP contribution in [-0.4, -0.2) is 44.3 Å². The van der Waals surface area contributed by atoms with E-state index in [1.165, 1.54) is 10.4 Å². The van der Waals surface area contributed by atoms with Gasteiger partial charge in [-0.05, 0) is 61.1 Å². The Morgan fingerprint density at radius 3 is 2.36 bits per heavy atom. The maximum Gasteiger partial charge on any atom is 0.338 e.